The first kappa shape index (κ1) is 16.9. The van der Waals surface area contributed by atoms with Crippen molar-refractivity contribution in [2.45, 2.75) is 13.0 Å². The molecular formula is C12H17ClN2O4S. The molecule has 0 heterocycles. The molecule has 0 spiro atoms. The van der Waals surface area contributed by atoms with Gasteiger partial charge in [-0.15, -0.1) is 0 Å². The molecule has 0 amide bonds. The molecule has 1 rings (SSSR count). The van der Waals surface area contributed by atoms with E-state index in [2.05, 4.69) is 0 Å². The van der Waals surface area contributed by atoms with E-state index < -0.39 is 16.2 Å². The van der Waals surface area contributed by atoms with Gasteiger partial charge in [-0.25, -0.2) is 0 Å². The normalized spacial score (nSPS) is 12.1. The van der Waals surface area contributed by atoms with Gasteiger partial charge in [0.25, 0.3) is 10.2 Å². The summed E-state index contributed by atoms with van der Waals surface area (Å²) in [5, 5.41) is 9.16. The van der Waals surface area contributed by atoms with E-state index in [0.717, 1.165) is 14.2 Å². The molecule has 0 aromatic heterocycles. The third kappa shape index (κ3) is 4.75. The first-order chi connectivity index (χ1) is 9.23. The van der Waals surface area contributed by atoms with Crippen molar-refractivity contribution in [1.82, 2.24) is 8.61 Å². The van der Waals surface area contributed by atoms with Crippen LogP contribution in [0.15, 0.2) is 24.3 Å². The molecule has 1 aromatic carbocycles. The topological polar surface area (TPSA) is 77.9 Å². The molecule has 0 aliphatic carbocycles. The van der Waals surface area contributed by atoms with Crippen LogP contribution in [0.3, 0.4) is 0 Å². The van der Waals surface area contributed by atoms with Gasteiger partial charge in [-0.3, -0.25) is 4.79 Å². The Morgan fingerprint density at radius 2 is 1.75 bits per heavy atom. The van der Waals surface area contributed by atoms with Gasteiger partial charge >= 0.3 is 5.97 Å². The van der Waals surface area contributed by atoms with Gasteiger partial charge in [0.05, 0.1) is 6.42 Å². The molecule has 0 aliphatic rings. The molecule has 0 unspecified atom stereocenters. The van der Waals surface area contributed by atoms with Crippen LogP contribution in [0.2, 0.25) is 5.02 Å². The Morgan fingerprint density at radius 1 is 1.20 bits per heavy atom. The molecule has 0 atom stereocenters. The Kier molecular flexibility index (Phi) is 5.94. The molecule has 112 valence electrons. The minimum absolute atomic E-state index is 0.0668. The highest BCUT2D eigenvalue weighted by Gasteiger charge is 2.23. The molecule has 0 saturated heterocycles. The number of halogens is 1. The average molecular weight is 321 g/mol. The lowest BCUT2D eigenvalue weighted by Crippen LogP contribution is -2.40. The number of hydrogen-bond donors (Lipinski definition) is 1. The maximum Gasteiger partial charge on any atom is 0.304 e. The second-order valence-corrected chi connectivity index (χ2v) is 6.93. The summed E-state index contributed by atoms with van der Waals surface area (Å²) >= 11 is 5.76. The number of carboxylic acid groups (broad SMARTS) is 1. The van der Waals surface area contributed by atoms with Gasteiger partial charge in [0.15, 0.2) is 0 Å². The van der Waals surface area contributed by atoms with Gasteiger partial charge in [-0.2, -0.15) is 17.0 Å². The van der Waals surface area contributed by atoms with Crippen LogP contribution >= 0.6 is 11.6 Å². The summed E-state index contributed by atoms with van der Waals surface area (Å²) in [5.41, 5.74) is 0.798. The molecule has 0 fully saturated rings. The number of nitrogens with zero attached hydrogens (tertiary/aromatic N) is 2. The lowest BCUT2D eigenvalue weighted by atomic mass is 10.2. The molecule has 8 heteroatoms. The summed E-state index contributed by atoms with van der Waals surface area (Å²) in [4.78, 5) is 10.5. The minimum Gasteiger partial charge on any atom is -0.481 e. The van der Waals surface area contributed by atoms with Crippen LogP contribution in [0.1, 0.15) is 12.0 Å². The molecule has 0 bridgehead atoms. The predicted molar refractivity (Wildman–Crippen MR) is 76.7 cm³/mol. The second kappa shape index (κ2) is 7.03. The van der Waals surface area contributed by atoms with Crippen LogP contribution in [-0.2, 0) is 21.5 Å². The summed E-state index contributed by atoms with van der Waals surface area (Å²) in [6.07, 6.45) is -0.232. The standard InChI is InChI=1S/C12H17ClN2O4S/c1-14(8-7-12(16)17)20(18,19)15(2)9-10-3-5-11(13)6-4-10/h3-6H,7-9H2,1-2H3,(H,16,17). The summed E-state index contributed by atoms with van der Waals surface area (Å²) in [6, 6.07) is 6.86. The maximum absolute atomic E-state index is 12.1. The summed E-state index contributed by atoms with van der Waals surface area (Å²) in [6.45, 7) is 0.125. The Balaban J connectivity index is 2.71. The molecule has 20 heavy (non-hydrogen) atoms. The van der Waals surface area contributed by atoms with E-state index >= 15 is 0 Å². The van der Waals surface area contributed by atoms with Gasteiger partial charge in [-0.1, -0.05) is 23.7 Å². The number of rotatable bonds is 7. The van der Waals surface area contributed by atoms with Gasteiger partial charge in [-0.05, 0) is 17.7 Å². The average Bonchev–Trinajstić information content (AvgIpc) is 2.38. The third-order valence-corrected chi connectivity index (χ3v) is 4.89. The van der Waals surface area contributed by atoms with Gasteiger partial charge in [0.1, 0.15) is 0 Å². The second-order valence-electron chi connectivity index (χ2n) is 4.36. The van der Waals surface area contributed by atoms with E-state index in [1.165, 1.54) is 14.1 Å². The van der Waals surface area contributed by atoms with E-state index in [0.29, 0.717) is 5.02 Å². The van der Waals surface area contributed by atoms with E-state index in [-0.39, 0.29) is 19.5 Å². The number of carbonyl (C=O) groups is 1. The SMILES string of the molecule is CN(CCC(=O)O)S(=O)(=O)N(C)Cc1ccc(Cl)cc1. The lowest BCUT2D eigenvalue weighted by Gasteiger charge is -2.24. The van der Waals surface area contributed by atoms with E-state index in [9.17, 15) is 13.2 Å². The molecule has 6 nitrogen and oxygen atoms in total. The highest BCUT2D eigenvalue weighted by molar-refractivity contribution is 7.86. The smallest absolute Gasteiger partial charge is 0.304 e. The van der Waals surface area contributed by atoms with Crippen molar-refractivity contribution < 1.29 is 18.3 Å². The first-order valence-corrected chi connectivity index (χ1v) is 7.65. The predicted octanol–water partition coefficient (Wildman–Crippen LogP) is 1.42. The van der Waals surface area contributed by atoms with E-state index in [4.69, 9.17) is 16.7 Å². The Bertz CT molecular complexity index is 559. The van der Waals surface area contributed by atoms with Crippen molar-refractivity contribution in [2.75, 3.05) is 20.6 Å². The Hall–Kier alpha value is -1.15. The molecule has 0 saturated carbocycles. The highest BCUT2D eigenvalue weighted by atomic mass is 35.5. The lowest BCUT2D eigenvalue weighted by molar-refractivity contribution is -0.137. The fourth-order valence-electron chi connectivity index (χ4n) is 1.53. The number of aliphatic carboxylic acids is 1. The zero-order chi connectivity index (χ0) is 15.3. The molecule has 0 radical (unpaired) electrons. The van der Waals surface area contributed by atoms with E-state index in [1.54, 1.807) is 24.3 Å². The van der Waals surface area contributed by atoms with Crippen molar-refractivity contribution in [3.8, 4) is 0 Å². The summed E-state index contributed by atoms with van der Waals surface area (Å²) in [5.74, 6) is -1.03. The molecule has 0 aliphatic heterocycles. The van der Waals surface area contributed by atoms with Crippen LogP contribution in [0.4, 0.5) is 0 Å². The summed E-state index contributed by atoms with van der Waals surface area (Å²) < 4.78 is 26.5. The number of carboxylic acids is 1. The molecule has 1 aromatic rings. The van der Waals surface area contributed by atoms with Crippen molar-refractivity contribution >= 4 is 27.8 Å². The largest absolute Gasteiger partial charge is 0.481 e. The van der Waals surface area contributed by atoms with Crippen molar-refractivity contribution in [1.29, 1.82) is 0 Å². The first-order valence-electron chi connectivity index (χ1n) is 5.87. The third-order valence-electron chi connectivity index (χ3n) is 2.75. The highest BCUT2D eigenvalue weighted by Crippen LogP contribution is 2.13. The van der Waals surface area contributed by atoms with Gasteiger partial charge < -0.3 is 5.11 Å². The maximum atomic E-state index is 12.1. The van der Waals surface area contributed by atoms with E-state index in [1.807, 2.05) is 0 Å². The zero-order valence-corrected chi connectivity index (χ0v) is 12.9. The fourth-order valence-corrected chi connectivity index (χ4v) is 2.77. The molecular weight excluding hydrogens is 304 g/mol. The van der Waals surface area contributed by atoms with Crippen LogP contribution in [0, 0.1) is 0 Å². The zero-order valence-electron chi connectivity index (χ0n) is 11.3. The monoisotopic (exact) mass is 320 g/mol. The van der Waals surface area contributed by atoms with Crippen molar-refractivity contribution in [3.63, 3.8) is 0 Å². The van der Waals surface area contributed by atoms with Crippen molar-refractivity contribution in [2.24, 2.45) is 0 Å². The van der Waals surface area contributed by atoms with Crippen LogP contribution in [-0.4, -0.2) is 48.7 Å². The summed E-state index contributed by atoms with van der Waals surface area (Å²) in [7, 11) is -0.869. The van der Waals surface area contributed by atoms with Crippen molar-refractivity contribution in [3.05, 3.63) is 34.9 Å². The van der Waals surface area contributed by atoms with Crippen LogP contribution in [0.25, 0.3) is 0 Å². The minimum atomic E-state index is -3.67. The number of benzene rings is 1. The molecule has 1 N–H and O–H groups in total. The van der Waals surface area contributed by atoms with Crippen LogP contribution in [0.5, 0.6) is 0 Å². The van der Waals surface area contributed by atoms with Gasteiger partial charge in [0, 0.05) is 32.2 Å². The van der Waals surface area contributed by atoms with Gasteiger partial charge in [0.2, 0.25) is 0 Å². The Labute approximate surface area is 123 Å². The number of hydrogen-bond acceptors (Lipinski definition) is 3. The quantitative estimate of drug-likeness (QED) is 0.824. The van der Waals surface area contributed by atoms with Crippen LogP contribution < -0.4 is 0 Å². The fraction of sp³-hybridized carbons (Fsp3) is 0.417. The Morgan fingerprint density at radius 3 is 2.25 bits per heavy atom.